The van der Waals surface area contributed by atoms with Gasteiger partial charge in [0.15, 0.2) is 0 Å². The third kappa shape index (κ3) is 4.58. The number of hydrogen-bond acceptors (Lipinski definition) is 3. The Morgan fingerprint density at radius 3 is 2.32 bits per heavy atom. The van der Waals surface area contributed by atoms with Crippen LogP contribution in [0.25, 0.3) is 0 Å². The molecule has 0 spiro atoms. The van der Waals surface area contributed by atoms with Crippen molar-refractivity contribution in [3.63, 3.8) is 0 Å². The van der Waals surface area contributed by atoms with Gasteiger partial charge in [-0.25, -0.2) is 12.8 Å². The van der Waals surface area contributed by atoms with Gasteiger partial charge in [0.25, 0.3) is 5.91 Å². The molecule has 1 N–H and O–H groups in total. The van der Waals surface area contributed by atoms with Crippen LogP contribution in [-0.2, 0) is 10.0 Å². The van der Waals surface area contributed by atoms with Crippen molar-refractivity contribution in [3.05, 3.63) is 58.3 Å². The molecular weight excluding hydrogens is 411 g/mol. The predicted molar refractivity (Wildman–Crippen MR) is 101 cm³/mol. The quantitative estimate of drug-likeness (QED) is 0.755. The highest BCUT2D eigenvalue weighted by Crippen LogP contribution is 2.22. The van der Waals surface area contributed by atoms with Crippen molar-refractivity contribution >= 4 is 43.2 Å². The second-order valence-corrected chi connectivity index (χ2v) is 8.29. The Hall–Kier alpha value is -1.93. The summed E-state index contributed by atoms with van der Waals surface area (Å²) in [7, 11) is -3.38. The van der Waals surface area contributed by atoms with Crippen LogP contribution in [0.4, 0.5) is 15.8 Å². The van der Waals surface area contributed by atoms with Gasteiger partial charge in [-0.2, -0.15) is 0 Å². The summed E-state index contributed by atoms with van der Waals surface area (Å²) in [5.41, 5.74) is 0.854. The fourth-order valence-corrected chi connectivity index (χ4v) is 3.74. The lowest BCUT2D eigenvalue weighted by Crippen LogP contribution is -2.32. The minimum absolute atomic E-state index is 0.00801. The number of anilines is 2. The van der Waals surface area contributed by atoms with Crippen LogP contribution in [0.2, 0.25) is 0 Å². The Balaban J connectivity index is 2.20. The van der Waals surface area contributed by atoms with Gasteiger partial charge in [-0.1, -0.05) is 15.9 Å². The van der Waals surface area contributed by atoms with E-state index in [0.717, 1.165) is 0 Å². The van der Waals surface area contributed by atoms with Crippen LogP contribution in [0.5, 0.6) is 0 Å². The Morgan fingerprint density at radius 1 is 1.16 bits per heavy atom. The third-order valence-corrected chi connectivity index (χ3v) is 5.95. The molecule has 0 aliphatic heterocycles. The minimum Gasteiger partial charge on any atom is -0.319 e. The molecule has 2 rings (SSSR count). The number of nitrogens with zero attached hydrogens (tertiary/aromatic N) is 1. The van der Waals surface area contributed by atoms with E-state index < -0.39 is 21.7 Å². The van der Waals surface area contributed by atoms with Crippen molar-refractivity contribution in [2.24, 2.45) is 0 Å². The van der Waals surface area contributed by atoms with E-state index in [-0.39, 0.29) is 11.4 Å². The van der Waals surface area contributed by atoms with E-state index in [1.165, 1.54) is 28.6 Å². The molecule has 0 aliphatic rings. The number of rotatable bonds is 6. The van der Waals surface area contributed by atoms with Crippen molar-refractivity contribution in [2.75, 3.05) is 21.9 Å². The number of carbonyl (C=O) groups is 1. The molecule has 0 saturated carbocycles. The Bertz CT molecular complexity index is 870. The largest absolute Gasteiger partial charge is 0.319 e. The van der Waals surface area contributed by atoms with Crippen LogP contribution >= 0.6 is 15.9 Å². The van der Waals surface area contributed by atoms with Crippen LogP contribution in [-0.4, -0.2) is 26.6 Å². The van der Waals surface area contributed by atoms with Gasteiger partial charge in [0.2, 0.25) is 10.0 Å². The van der Waals surface area contributed by atoms with E-state index in [0.29, 0.717) is 22.3 Å². The maximum Gasteiger partial charge on any atom is 0.255 e. The fourth-order valence-electron chi connectivity index (χ4n) is 2.26. The van der Waals surface area contributed by atoms with E-state index in [4.69, 9.17) is 0 Å². The van der Waals surface area contributed by atoms with Crippen molar-refractivity contribution in [1.29, 1.82) is 0 Å². The number of halogens is 2. The van der Waals surface area contributed by atoms with Gasteiger partial charge in [-0.15, -0.1) is 0 Å². The lowest BCUT2D eigenvalue weighted by Gasteiger charge is -2.22. The molecular formula is C17H18BrFN2O3S. The maximum atomic E-state index is 13.8. The molecule has 0 heterocycles. The van der Waals surface area contributed by atoms with Crippen LogP contribution in [0, 0.1) is 5.82 Å². The predicted octanol–water partition coefficient (Wildman–Crippen LogP) is 4.02. The van der Waals surface area contributed by atoms with Gasteiger partial charge < -0.3 is 5.32 Å². The standard InChI is InChI=1S/C17H18BrFN2O3S/c1-3-21(25(23,24)4-2)14-8-5-12(6-9-14)17(22)20-16-10-7-13(18)11-15(16)19/h5-11H,3-4H2,1-2H3,(H,20,22). The van der Waals surface area contributed by atoms with Crippen LogP contribution in [0.15, 0.2) is 46.9 Å². The third-order valence-electron chi connectivity index (χ3n) is 3.58. The van der Waals surface area contributed by atoms with Crippen molar-refractivity contribution in [2.45, 2.75) is 13.8 Å². The molecule has 0 aromatic heterocycles. The van der Waals surface area contributed by atoms with Gasteiger partial charge >= 0.3 is 0 Å². The normalized spacial score (nSPS) is 11.2. The molecule has 134 valence electrons. The molecule has 8 heteroatoms. The summed E-state index contributed by atoms with van der Waals surface area (Å²) in [6.07, 6.45) is 0. The number of carbonyl (C=O) groups excluding carboxylic acids is 1. The SMILES string of the molecule is CCN(c1ccc(C(=O)Nc2ccc(Br)cc2F)cc1)S(=O)(=O)CC. The molecule has 25 heavy (non-hydrogen) atoms. The summed E-state index contributed by atoms with van der Waals surface area (Å²) < 4.78 is 39.8. The van der Waals surface area contributed by atoms with Gasteiger partial charge in [0, 0.05) is 16.6 Å². The van der Waals surface area contributed by atoms with Crippen LogP contribution < -0.4 is 9.62 Å². The average molecular weight is 429 g/mol. The fraction of sp³-hybridized carbons (Fsp3) is 0.235. The first-order valence-electron chi connectivity index (χ1n) is 7.65. The van der Waals surface area contributed by atoms with Crippen molar-refractivity contribution in [1.82, 2.24) is 0 Å². The Labute approximate surface area is 155 Å². The molecule has 0 aliphatic carbocycles. The summed E-state index contributed by atoms with van der Waals surface area (Å²) in [6.45, 7) is 3.61. The van der Waals surface area contributed by atoms with E-state index in [9.17, 15) is 17.6 Å². The zero-order valence-electron chi connectivity index (χ0n) is 13.8. The number of nitrogens with one attached hydrogen (secondary N) is 1. The monoisotopic (exact) mass is 428 g/mol. The summed E-state index contributed by atoms with van der Waals surface area (Å²) in [5.74, 6) is -1.04. The molecule has 5 nitrogen and oxygen atoms in total. The van der Waals surface area contributed by atoms with Gasteiger partial charge in [-0.05, 0) is 56.3 Å². The number of benzene rings is 2. The number of sulfonamides is 1. The molecule has 0 saturated heterocycles. The van der Waals surface area contributed by atoms with Crippen molar-refractivity contribution < 1.29 is 17.6 Å². The second-order valence-electron chi connectivity index (χ2n) is 5.19. The molecule has 2 aromatic carbocycles. The molecule has 0 bridgehead atoms. The van der Waals surface area contributed by atoms with Gasteiger partial charge in [0.1, 0.15) is 5.82 Å². The minimum atomic E-state index is -3.38. The maximum absolute atomic E-state index is 13.8. The molecule has 0 atom stereocenters. The highest BCUT2D eigenvalue weighted by Gasteiger charge is 2.19. The number of hydrogen-bond donors (Lipinski definition) is 1. The first-order chi connectivity index (χ1) is 11.8. The lowest BCUT2D eigenvalue weighted by molar-refractivity contribution is 0.102. The molecule has 2 aromatic rings. The lowest BCUT2D eigenvalue weighted by atomic mass is 10.2. The summed E-state index contributed by atoms with van der Waals surface area (Å²) in [5, 5.41) is 2.49. The molecule has 0 radical (unpaired) electrons. The van der Waals surface area contributed by atoms with Crippen molar-refractivity contribution in [3.8, 4) is 0 Å². The highest BCUT2D eigenvalue weighted by molar-refractivity contribution is 9.10. The Kier molecular flexibility index (Phi) is 6.18. The molecule has 1 amide bonds. The summed E-state index contributed by atoms with van der Waals surface area (Å²) in [4.78, 5) is 12.2. The molecule has 0 unspecified atom stereocenters. The zero-order chi connectivity index (χ0) is 18.6. The first-order valence-corrected chi connectivity index (χ1v) is 10.1. The van der Waals surface area contributed by atoms with Crippen LogP contribution in [0.1, 0.15) is 24.2 Å². The van der Waals surface area contributed by atoms with Gasteiger partial charge in [-0.3, -0.25) is 9.10 Å². The average Bonchev–Trinajstić information content (AvgIpc) is 2.58. The second kappa shape index (κ2) is 7.97. The Morgan fingerprint density at radius 2 is 1.80 bits per heavy atom. The summed E-state index contributed by atoms with van der Waals surface area (Å²) in [6, 6.07) is 10.5. The van der Waals surface area contributed by atoms with E-state index in [2.05, 4.69) is 21.2 Å². The van der Waals surface area contributed by atoms with E-state index in [1.54, 1.807) is 32.0 Å². The van der Waals surface area contributed by atoms with Crippen LogP contribution in [0.3, 0.4) is 0 Å². The summed E-state index contributed by atoms with van der Waals surface area (Å²) >= 11 is 3.15. The zero-order valence-corrected chi connectivity index (χ0v) is 16.2. The molecule has 0 fully saturated rings. The van der Waals surface area contributed by atoms with E-state index >= 15 is 0 Å². The highest BCUT2D eigenvalue weighted by atomic mass is 79.9. The number of amides is 1. The van der Waals surface area contributed by atoms with Gasteiger partial charge in [0.05, 0.1) is 17.1 Å². The topological polar surface area (TPSA) is 66.5 Å². The first kappa shape index (κ1) is 19.4. The van der Waals surface area contributed by atoms with E-state index in [1.807, 2.05) is 0 Å². The smallest absolute Gasteiger partial charge is 0.255 e.